The zero-order valence-electron chi connectivity index (χ0n) is 20.8. The molecule has 0 saturated carbocycles. The largest absolute Gasteiger partial charge is 0.323 e. The van der Waals surface area contributed by atoms with Gasteiger partial charge in [-0.1, -0.05) is 73.3 Å². The molecule has 0 atom stereocenters. The Labute approximate surface area is 224 Å². The fourth-order valence-electron chi connectivity index (χ4n) is 4.32. The van der Waals surface area contributed by atoms with E-state index in [1.54, 1.807) is 54.9 Å². The monoisotopic (exact) mass is 515 g/mol. The highest BCUT2D eigenvalue weighted by Crippen LogP contribution is 2.27. The fraction of sp³-hybridized carbons (Fsp3) is 0.0323. The molecule has 0 saturated heterocycles. The van der Waals surface area contributed by atoms with E-state index in [1.807, 2.05) is 60.1 Å². The van der Waals surface area contributed by atoms with Gasteiger partial charge in [0.25, 0.3) is 0 Å². The van der Waals surface area contributed by atoms with E-state index in [2.05, 4.69) is 27.2 Å². The third-order valence-electron chi connectivity index (χ3n) is 6.17. The molecule has 0 radical (unpaired) electrons. The van der Waals surface area contributed by atoms with Gasteiger partial charge in [0, 0.05) is 23.2 Å². The summed E-state index contributed by atoms with van der Waals surface area (Å²) in [5.74, 6) is -2.22. The van der Waals surface area contributed by atoms with Gasteiger partial charge in [0.2, 0.25) is 11.8 Å². The highest BCUT2D eigenvalue weighted by molar-refractivity contribution is 6.17. The summed E-state index contributed by atoms with van der Waals surface area (Å²) in [6.07, 6.45) is 6.60. The number of para-hydroxylation sites is 2. The van der Waals surface area contributed by atoms with Crippen molar-refractivity contribution in [3.63, 3.8) is 0 Å². The Hall–Kier alpha value is -5.34. The summed E-state index contributed by atoms with van der Waals surface area (Å²) >= 11 is 0. The average Bonchev–Trinajstić information content (AvgIpc) is 2.96. The normalized spacial score (nSPS) is 11.1. The van der Waals surface area contributed by atoms with Crippen molar-refractivity contribution >= 4 is 51.1 Å². The molecule has 8 nitrogen and oxygen atoms in total. The van der Waals surface area contributed by atoms with Crippen molar-refractivity contribution in [2.24, 2.45) is 0 Å². The molecule has 0 unspecified atom stereocenters. The molecule has 192 valence electrons. The molecule has 2 aromatic heterocycles. The van der Waals surface area contributed by atoms with Crippen LogP contribution < -0.4 is 16.1 Å². The molecule has 39 heavy (non-hydrogen) atoms. The van der Waals surface area contributed by atoms with Crippen LogP contribution in [0.25, 0.3) is 27.9 Å². The summed E-state index contributed by atoms with van der Waals surface area (Å²) in [4.78, 5) is 36.4. The molecule has 0 bridgehead atoms. The van der Waals surface area contributed by atoms with Crippen molar-refractivity contribution in [1.29, 1.82) is 0 Å². The molecule has 0 spiro atoms. The SMILES string of the molecule is C=C(/C=C/c1cccc(C(C(=O)Nc2cccc3cccnc23)C(=O)Nc2cccc3cccnc23)c1)NO. The van der Waals surface area contributed by atoms with E-state index in [9.17, 15) is 9.59 Å². The van der Waals surface area contributed by atoms with Crippen LogP contribution in [0.2, 0.25) is 0 Å². The molecule has 2 amide bonds. The van der Waals surface area contributed by atoms with Crippen LogP contribution in [0.3, 0.4) is 0 Å². The Kier molecular flexibility index (Phi) is 7.38. The van der Waals surface area contributed by atoms with Crippen molar-refractivity contribution in [2.75, 3.05) is 10.6 Å². The van der Waals surface area contributed by atoms with Crippen LogP contribution in [0.4, 0.5) is 11.4 Å². The molecule has 8 heteroatoms. The van der Waals surface area contributed by atoms with Gasteiger partial charge in [0.05, 0.1) is 28.1 Å². The van der Waals surface area contributed by atoms with Gasteiger partial charge < -0.3 is 10.6 Å². The number of carbonyl (C=O) groups excluding carboxylic acids is 2. The predicted molar refractivity (Wildman–Crippen MR) is 153 cm³/mol. The number of aromatic nitrogens is 2. The lowest BCUT2D eigenvalue weighted by Crippen LogP contribution is -2.32. The van der Waals surface area contributed by atoms with E-state index in [1.165, 1.54) is 0 Å². The lowest BCUT2D eigenvalue weighted by Gasteiger charge is -2.19. The molecule has 0 aliphatic heterocycles. The van der Waals surface area contributed by atoms with Crippen LogP contribution in [-0.4, -0.2) is 27.0 Å². The zero-order valence-corrected chi connectivity index (χ0v) is 20.8. The Morgan fingerprint density at radius 3 is 1.87 bits per heavy atom. The maximum absolute atomic E-state index is 13.8. The lowest BCUT2D eigenvalue weighted by molar-refractivity contribution is -0.125. The molecular weight excluding hydrogens is 490 g/mol. The second kappa shape index (κ2) is 11.4. The number of hydrogen-bond acceptors (Lipinski definition) is 6. The molecule has 4 N–H and O–H groups in total. The number of rotatable bonds is 8. The van der Waals surface area contributed by atoms with E-state index in [0.717, 1.165) is 10.8 Å². The van der Waals surface area contributed by atoms with Crippen LogP contribution in [0, 0.1) is 0 Å². The molecular formula is C31H25N5O3. The van der Waals surface area contributed by atoms with Gasteiger partial charge in [-0.25, -0.2) is 0 Å². The third kappa shape index (κ3) is 5.66. The van der Waals surface area contributed by atoms with Crippen molar-refractivity contribution < 1.29 is 14.8 Å². The molecule has 2 heterocycles. The van der Waals surface area contributed by atoms with Crippen molar-refractivity contribution in [2.45, 2.75) is 5.92 Å². The summed E-state index contributed by atoms with van der Waals surface area (Å²) in [5.41, 5.74) is 5.71. The Bertz CT molecular complexity index is 1630. The quantitative estimate of drug-likeness (QED) is 0.121. The number of allylic oxidation sites excluding steroid dienone is 1. The first-order chi connectivity index (χ1) is 19.0. The van der Waals surface area contributed by atoms with Gasteiger partial charge in [-0.2, -0.15) is 0 Å². The van der Waals surface area contributed by atoms with E-state index in [0.29, 0.717) is 39.2 Å². The number of nitrogens with zero attached hydrogens (tertiary/aromatic N) is 2. The van der Waals surface area contributed by atoms with Crippen LogP contribution in [0.1, 0.15) is 17.0 Å². The van der Waals surface area contributed by atoms with Gasteiger partial charge in [-0.05, 0) is 41.5 Å². The molecule has 0 aliphatic carbocycles. The number of amides is 2. The van der Waals surface area contributed by atoms with Crippen molar-refractivity contribution in [3.05, 3.63) is 127 Å². The number of benzene rings is 3. The summed E-state index contributed by atoms with van der Waals surface area (Å²) in [6.45, 7) is 3.66. The van der Waals surface area contributed by atoms with Gasteiger partial charge in [0.15, 0.2) is 0 Å². The fourth-order valence-corrected chi connectivity index (χ4v) is 4.32. The van der Waals surface area contributed by atoms with E-state index in [-0.39, 0.29) is 0 Å². The second-order valence-electron chi connectivity index (χ2n) is 8.81. The standard InChI is InChI=1S/C31H25N5O3/c1-20(36-39)15-16-21-7-2-10-24(19-21)27(30(37)34-25-13-3-8-22-11-5-17-32-28(22)25)31(38)35-26-14-4-9-23-12-6-18-33-29(23)26/h2-19,27,36,39H,1H2,(H,34,37)(H,35,38)/b16-15+. The number of carbonyl (C=O) groups is 2. The summed E-state index contributed by atoms with van der Waals surface area (Å²) in [6, 6.07) is 25.5. The number of hydrogen-bond donors (Lipinski definition) is 4. The Morgan fingerprint density at radius 2 is 1.31 bits per heavy atom. The number of pyridine rings is 2. The third-order valence-corrected chi connectivity index (χ3v) is 6.17. The minimum Gasteiger partial charge on any atom is -0.323 e. The average molecular weight is 516 g/mol. The minimum atomic E-state index is -1.20. The first-order valence-corrected chi connectivity index (χ1v) is 12.2. The highest BCUT2D eigenvalue weighted by atomic mass is 16.5. The van der Waals surface area contributed by atoms with Crippen LogP contribution in [-0.2, 0) is 9.59 Å². The number of fused-ring (bicyclic) bond motifs is 2. The second-order valence-corrected chi connectivity index (χ2v) is 8.81. The van der Waals surface area contributed by atoms with Gasteiger partial charge >= 0.3 is 0 Å². The van der Waals surface area contributed by atoms with Gasteiger partial charge in [0.1, 0.15) is 5.92 Å². The zero-order chi connectivity index (χ0) is 27.2. The van der Waals surface area contributed by atoms with Crippen molar-refractivity contribution in [3.8, 4) is 0 Å². The molecule has 5 aromatic rings. The first kappa shape index (κ1) is 25.3. The van der Waals surface area contributed by atoms with Crippen LogP contribution in [0.15, 0.2) is 116 Å². The molecule has 0 aliphatic rings. The highest BCUT2D eigenvalue weighted by Gasteiger charge is 2.30. The van der Waals surface area contributed by atoms with Crippen molar-refractivity contribution in [1.82, 2.24) is 15.4 Å². The minimum absolute atomic E-state index is 0.291. The maximum atomic E-state index is 13.8. The lowest BCUT2D eigenvalue weighted by atomic mass is 9.94. The molecule has 0 fully saturated rings. The predicted octanol–water partition coefficient (Wildman–Crippen LogP) is 5.65. The van der Waals surface area contributed by atoms with Gasteiger partial charge in [-0.15, -0.1) is 0 Å². The van der Waals surface area contributed by atoms with Gasteiger partial charge in [-0.3, -0.25) is 30.2 Å². The van der Waals surface area contributed by atoms with Crippen LogP contribution >= 0.6 is 0 Å². The number of hydroxylamine groups is 1. The van der Waals surface area contributed by atoms with E-state index < -0.39 is 17.7 Å². The van der Waals surface area contributed by atoms with E-state index >= 15 is 0 Å². The summed E-state index contributed by atoms with van der Waals surface area (Å²) < 4.78 is 0. The smallest absolute Gasteiger partial charge is 0.241 e. The van der Waals surface area contributed by atoms with E-state index in [4.69, 9.17) is 5.21 Å². The summed E-state index contributed by atoms with van der Waals surface area (Å²) in [5, 5.41) is 16.6. The summed E-state index contributed by atoms with van der Waals surface area (Å²) in [7, 11) is 0. The molecule has 5 rings (SSSR count). The first-order valence-electron chi connectivity index (χ1n) is 12.2. The number of nitrogens with one attached hydrogen (secondary N) is 3. The topological polar surface area (TPSA) is 116 Å². The maximum Gasteiger partial charge on any atom is 0.241 e. The van der Waals surface area contributed by atoms with Crippen LogP contribution in [0.5, 0.6) is 0 Å². The molecule has 3 aromatic carbocycles. The Balaban J connectivity index is 1.52. The number of anilines is 2. The Morgan fingerprint density at radius 1 is 0.769 bits per heavy atom.